The van der Waals surface area contributed by atoms with Crippen LogP contribution < -0.4 is 0 Å². The normalized spacial score (nSPS) is 18.0. The van der Waals surface area contributed by atoms with Gasteiger partial charge >= 0.3 is 18.0 Å². The largest absolute Gasteiger partial charge is 0.481 e. The number of hydrogen-bond donors (Lipinski definition) is 2. The fraction of sp³-hybridized carbons (Fsp3) is 0.571. The summed E-state index contributed by atoms with van der Waals surface area (Å²) < 4.78 is 5.38. The summed E-state index contributed by atoms with van der Waals surface area (Å²) in [4.78, 5) is 36.5. The third kappa shape index (κ3) is 6.55. The first-order valence-corrected chi connectivity index (χ1v) is 9.55. The Kier molecular flexibility index (Phi) is 7.05. The number of likely N-dealkylation sites (tertiary alicyclic amines) is 1. The molecule has 2 N–H and O–H groups in total. The predicted octanol–water partition coefficient (Wildman–Crippen LogP) is 3.20. The third-order valence-electron chi connectivity index (χ3n) is 4.84. The SMILES string of the molecule is CC(C)(C)OC(=O)N1CC[C@@H]([C@@H](Cc2cccc(CCC(=O)O)c2)C(=O)O)C1. The molecule has 1 fully saturated rings. The molecule has 0 bridgehead atoms. The first kappa shape index (κ1) is 21.7. The number of benzene rings is 1. The average Bonchev–Trinajstić information content (AvgIpc) is 3.06. The zero-order valence-corrected chi connectivity index (χ0v) is 16.7. The summed E-state index contributed by atoms with van der Waals surface area (Å²) in [6, 6.07) is 7.41. The summed E-state index contributed by atoms with van der Waals surface area (Å²) in [6.07, 6.45) is 1.02. The van der Waals surface area contributed by atoms with Crippen LogP contribution in [-0.4, -0.2) is 51.8 Å². The van der Waals surface area contributed by atoms with Gasteiger partial charge in [-0.2, -0.15) is 0 Å². The van der Waals surface area contributed by atoms with Crippen molar-refractivity contribution in [2.45, 2.75) is 52.1 Å². The van der Waals surface area contributed by atoms with Gasteiger partial charge in [-0.05, 0) is 57.1 Å². The minimum Gasteiger partial charge on any atom is -0.481 e. The Bertz CT molecular complexity index is 724. The van der Waals surface area contributed by atoms with Gasteiger partial charge in [0.1, 0.15) is 5.60 Å². The number of carboxylic acid groups (broad SMARTS) is 2. The van der Waals surface area contributed by atoms with Crippen LogP contribution in [0.2, 0.25) is 0 Å². The number of rotatable bonds is 7. The number of nitrogens with zero attached hydrogens (tertiary/aromatic N) is 1. The standard InChI is InChI=1S/C21H29NO6/c1-21(2,3)28-20(27)22-10-9-16(13-22)17(19(25)26)12-15-6-4-5-14(11-15)7-8-18(23)24/h4-6,11,16-17H,7-10,12-13H2,1-3H3,(H,23,24)(H,25,26)/t16-,17-/m1/s1. The molecule has 0 spiro atoms. The maximum Gasteiger partial charge on any atom is 0.410 e. The van der Waals surface area contributed by atoms with Crippen molar-refractivity contribution in [2.24, 2.45) is 11.8 Å². The predicted molar refractivity (Wildman–Crippen MR) is 103 cm³/mol. The van der Waals surface area contributed by atoms with Crippen LogP contribution in [0.3, 0.4) is 0 Å². The Morgan fingerprint density at radius 2 is 1.89 bits per heavy atom. The zero-order chi connectivity index (χ0) is 20.9. The Labute approximate surface area is 165 Å². The van der Waals surface area contributed by atoms with E-state index in [0.29, 0.717) is 32.4 Å². The van der Waals surface area contributed by atoms with E-state index in [1.807, 2.05) is 24.3 Å². The van der Waals surface area contributed by atoms with Gasteiger partial charge in [0.25, 0.3) is 0 Å². The zero-order valence-electron chi connectivity index (χ0n) is 16.7. The number of aliphatic carboxylic acids is 2. The topological polar surface area (TPSA) is 104 Å². The van der Waals surface area contributed by atoms with Crippen molar-refractivity contribution in [2.75, 3.05) is 13.1 Å². The van der Waals surface area contributed by atoms with Crippen LogP contribution in [0.25, 0.3) is 0 Å². The Morgan fingerprint density at radius 3 is 2.50 bits per heavy atom. The van der Waals surface area contributed by atoms with Crippen molar-refractivity contribution in [3.8, 4) is 0 Å². The van der Waals surface area contributed by atoms with E-state index in [4.69, 9.17) is 9.84 Å². The van der Waals surface area contributed by atoms with Gasteiger partial charge in [0.05, 0.1) is 5.92 Å². The maximum absolute atomic E-state index is 12.2. The number of carbonyl (C=O) groups is 3. The van der Waals surface area contributed by atoms with E-state index in [0.717, 1.165) is 11.1 Å². The molecule has 0 unspecified atom stereocenters. The molecule has 0 radical (unpaired) electrons. The molecule has 1 aliphatic rings. The second kappa shape index (κ2) is 9.08. The van der Waals surface area contributed by atoms with Crippen molar-refractivity contribution in [1.82, 2.24) is 4.90 Å². The first-order valence-electron chi connectivity index (χ1n) is 9.55. The second-order valence-electron chi connectivity index (χ2n) is 8.34. The number of ether oxygens (including phenoxy) is 1. The lowest BCUT2D eigenvalue weighted by molar-refractivity contribution is -0.143. The molecule has 28 heavy (non-hydrogen) atoms. The number of hydrogen-bond acceptors (Lipinski definition) is 4. The first-order chi connectivity index (χ1) is 13.0. The van der Waals surface area contributed by atoms with Crippen LogP contribution in [0.4, 0.5) is 4.79 Å². The number of aryl methyl sites for hydroxylation is 1. The fourth-order valence-corrected chi connectivity index (χ4v) is 3.48. The molecule has 1 amide bonds. The molecule has 1 heterocycles. The maximum atomic E-state index is 12.2. The molecular formula is C21H29NO6. The van der Waals surface area contributed by atoms with Gasteiger partial charge in [0.2, 0.25) is 0 Å². The minimum absolute atomic E-state index is 0.0410. The smallest absolute Gasteiger partial charge is 0.410 e. The van der Waals surface area contributed by atoms with Crippen molar-refractivity contribution in [3.05, 3.63) is 35.4 Å². The molecule has 7 heteroatoms. The third-order valence-corrected chi connectivity index (χ3v) is 4.84. The van der Waals surface area contributed by atoms with Gasteiger partial charge in [-0.25, -0.2) is 4.79 Å². The highest BCUT2D eigenvalue weighted by Gasteiger charge is 2.37. The van der Waals surface area contributed by atoms with Crippen molar-refractivity contribution in [3.63, 3.8) is 0 Å². The monoisotopic (exact) mass is 391 g/mol. The summed E-state index contributed by atoms with van der Waals surface area (Å²) in [6.45, 7) is 6.26. The Balaban J connectivity index is 2.02. The summed E-state index contributed by atoms with van der Waals surface area (Å²) in [5.74, 6) is -2.50. The molecular weight excluding hydrogens is 362 g/mol. The van der Waals surface area contributed by atoms with Crippen LogP contribution in [0.5, 0.6) is 0 Å². The molecule has 2 rings (SSSR count). The van der Waals surface area contributed by atoms with Gasteiger partial charge in [-0.15, -0.1) is 0 Å². The summed E-state index contributed by atoms with van der Waals surface area (Å²) in [5, 5.41) is 18.6. The van der Waals surface area contributed by atoms with E-state index in [9.17, 15) is 19.5 Å². The van der Waals surface area contributed by atoms with Crippen molar-refractivity contribution >= 4 is 18.0 Å². The molecule has 1 aromatic rings. The Hall–Kier alpha value is -2.57. The van der Waals surface area contributed by atoms with Crippen LogP contribution in [0, 0.1) is 11.8 Å². The molecule has 0 aromatic heterocycles. The second-order valence-corrected chi connectivity index (χ2v) is 8.34. The molecule has 1 aromatic carbocycles. The minimum atomic E-state index is -0.882. The van der Waals surface area contributed by atoms with Gasteiger partial charge in [-0.3, -0.25) is 9.59 Å². The van der Waals surface area contributed by atoms with E-state index < -0.39 is 29.6 Å². The number of carboxylic acids is 2. The van der Waals surface area contributed by atoms with Gasteiger partial charge in [-0.1, -0.05) is 24.3 Å². The van der Waals surface area contributed by atoms with Crippen LogP contribution in [0.1, 0.15) is 44.7 Å². The van der Waals surface area contributed by atoms with Crippen molar-refractivity contribution < 1.29 is 29.3 Å². The molecule has 1 saturated heterocycles. The quantitative estimate of drug-likeness (QED) is 0.740. The van der Waals surface area contributed by atoms with Crippen LogP contribution in [-0.2, 0) is 27.2 Å². The van der Waals surface area contributed by atoms with E-state index in [-0.39, 0.29) is 12.3 Å². The fourth-order valence-electron chi connectivity index (χ4n) is 3.48. The lowest BCUT2D eigenvalue weighted by Gasteiger charge is -2.25. The lowest BCUT2D eigenvalue weighted by Crippen LogP contribution is -2.36. The highest BCUT2D eigenvalue weighted by molar-refractivity contribution is 5.72. The van der Waals surface area contributed by atoms with E-state index in [1.54, 1.807) is 25.7 Å². The van der Waals surface area contributed by atoms with E-state index in [1.165, 1.54) is 0 Å². The lowest BCUT2D eigenvalue weighted by atomic mass is 9.85. The summed E-state index contributed by atoms with van der Waals surface area (Å²) >= 11 is 0. The van der Waals surface area contributed by atoms with Gasteiger partial charge in [0.15, 0.2) is 0 Å². The molecule has 0 aliphatic carbocycles. The van der Waals surface area contributed by atoms with Gasteiger partial charge < -0.3 is 19.8 Å². The molecule has 0 saturated carbocycles. The number of amides is 1. The summed E-state index contributed by atoms with van der Waals surface area (Å²) in [7, 11) is 0. The van der Waals surface area contributed by atoms with E-state index in [2.05, 4.69) is 0 Å². The average molecular weight is 391 g/mol. The number of carbonyl (C=O) groups excluding carboxylic acids is 1. The van der Waals surface area contributed by atoms with Crippen molar-refractivity contribution in [1.29, 1.82) is 0 Å². The molecule has 7 nitrogen and oxygen atoms in total. The highest BCUT2D eigenvalue weighted by Crippen LogP contribution is 2.29. The Morgan fingerprint density at radius 1 is 1.21 bits per heavy atom. The summed E-state index contributed by atoms with van der Waals surface area (Å²) in [5.41, 5.74) is 1.16. The molecule has 1 aliphatic heterocycles. The van der Waals surface area contributed by atoms with Crippen LogP contribution >= 0.6 is 0 Å². The van der Waals surface area contributed by atoms with Gasteiger partial charge in [0, 0.05) is 19.5 Å². The highest BCUT2D eigenvalue weighted by atomic mass is 16.6. The molecule has 154 valence electrons. The van der Waals surface area contributed by atoms with E-state index >= 15 is 0 Å². The molecule has 2 atom stereocenters. The van der Waals surface area contributed by atoms with Crippen LogP contribution in [0.15, 0.2) is 24.3 Å².